The van der Waals surface area contributed by atoms with Crippen LogP contribution >= 0.6 is 27.7 Å². The van der Waals surface area contributed by atoms with Gasteiger partial charge in [-0.15, -0.1) is 11.8 Å². The van der Waals surface area contributed by atoms with Crippen LogP contribution in [-0.2, 0) is 4.79 Å². The third-order valence-electron chi connectivity index (χ3n) is 2.87. The van der Waals surface area contributed by atoms with Gasteiger partial charge in [0.1, 0.15) is 17.5 Å². The molecule has 1 aromatic carbocycles. The summed E-state index contributed by atoms with van der Waals surface area (Å²) in [6, 6.07) is 3.16. The fourth-order valence-corrected chi connectivity index (χ4v) is 3.65. The van der Waals surface area contributed by atoms with Crippen LogP contribution in [0.4, 0.5) is 0 Å². The van der Waals surface area contributed by atoms with E-state index in [1.807, 2.05) is 6.07 Å². The van der Waals surface area contributed by atoms with Gasteiger partial charge in [0.05, 0.1) is 24.1 Å². The zero-order valence-corrected chi connectivity index (χ0v) is 12.9. The van der Waals surface area contributed by atoms with Gasteiger partial charge in [-0.05, 0) is 22.0 Å². The van der Waals surface area contributed by atoms with Gasteiger partial charge in [0.2, 0.25) is 0 Å². The highest BCUT2D eigenvalue weighted by Crippen LogP contribution is 2.42. The number of carboxylic acid groups (broad SMARTS) is 1. The molecule has 0 bridgehead atoms. The summed E-state index contributed by atoms with van der Waals surface area (Å²) in [6.45, 7) is 0. The van der Waals surface area contributed by atoms with Crippen molar-refractivity contribution in [3.05, 3.63) is 22.2 Å². The number of benzene rings is 1. The summed E-state index contributed by atoms with van der Waals surface area (Å²) < 4.78 is 11.4. The molecule has 1 aliphatic heterocycles. The lowest BCUT2D eigenvalue weighted by molar-refractivity contribution is -0.138. The molecule has 1 saturated heterocycles. The van der Waals surface area contributed by atoms with E-state index < -0.39 is 12.0 Å². The van der Waals surface area contributed by atoms with Gasteiger partial charge in [-0.1, -0.05) is 0 Å². The van der Waals surface area contributed by atoms with Crippen molar-refractivity contribution >= 4 is 33.7 Å². The Balaban J connectivity index is 2.30. The summed E-state index contributed by atoms with van der Waals surface area (Å²) in [4.78, 5) is 11.0. The van der Waals surface area contributed by atoms with Gasteiger partial charge in [-0.2, -0.15) is 0 Å². The standard InChI is InChI=1S/C12H14BrNO4S/c1-17-9-4-10(18-2)7(13)3-6(9)11-14-8(5-19-11)12(15)16/h3-4,8,11,14H,5H2,1-2H3,(H,15,16)/t8-,11+/m0/s1. The molecule has 0 amide bonds. The summed E-state index contributed by atoms with van der Waals surface area (Å²) in [7, 11) is 3.17. The molecule has 2 N–H and O–H groups in total. The fraction of sp³-hybridized carbons (Fsp3) is 0.417. The number of hydrogen-bond acceptors (Lipinski definition) is 5. The molecule has 19 heavy (non-hydrogen) atoms. The number of nitrogens with one attached hydrogen (secondary N) is 1. The maximum absolute atomic E-state index is 11.0. The van der Waals surface area contributed by atoms with Crippen LogP contribution in [0.25, 0.3) is 0 Å². The Kier molecular flexibility index (Phi) is 4.59. The predicted octanol–water partition coefficient (Wildman–Crippen LogP) is 2.25. The van der Waals surface area contributed by atoms with Crippen LogP contribution in [-0.4, -0.2) is 37.1 Å². The average molecular weight is 348 g/mol. The first kappa shape index (κ1) is 14.5. The van der Waals surface area contributed by atoms with E-state index in [4.69, 9.17) is 14.6 Å². The van der Waals surface area contributed by atoms with Gasteiger partial charge >= 0.3 is 5.97 Å². The molecule has 1 heterocycles. The van der Waals surface area contributed by atoms with Crippen LogP contribution in [0.5, 0.6) is 11.5 Å². The Morgan fingerprint density at radius 1 is 1.42 bits per heavy atom. The first-order chi connectivity index (χ1) is 9.06. The van der Waals surface area contributed by atoms with Crippen LogP contribution in [0.3, 0.4) is 0 Å². The molecule has 0 aliphatic carbocycles. The highest BCUT2D eigenvalue weighted by molar-refractivity contribution is 9.10. The normalized spacial score (nSPS) is 22.3. The lowest BCUT2D eigenvalue weighted by Gasteiger charge is -2.17. The van der Waals surface area contributed by atoms with Crippen LogP contribution in [0, 0.1) is 0 Å². The van der Waals surface area contributed by atoms with E-state index in [1.165, 1.54) is 0 Å². The number of rotatable bonds is 4. The Morgan fingerprint density at radius 2 is 2.11 bits per heavy atom. The zero-order chi connectivity index (χ0) is 14.0. The van der Waals surface area contributed by atoms with E-state index in [0.717, 1.165) is 10.0 Å². The predicted molar refractivity (Wildman–Crippen MR) is 77.0 cm³/mol. The van der Waals surface area contributed by atoms with E-state index in [-0.39, 0.29) is 5.37 Å². The molecular formula is C12H14BrNO4S. The topological polar surface area (TPSA) is 67.8 Å². The van der Waals surface area contributed by atoms with Gasteiger partial charge in [0.15, 0.2) is 0 Å². The Morgan fingerprint density at radius 3 is 2.63 bits per heavy atom. The molecule has 0 unspecified atom stereocenters. The molecule has 1 aromatic rings. The molecule has 0 spiro atoms. The maximum Gasteiger partial charge on any atom is 0.321 e. The van der Waals surface area contributed by atoms with Crippen molar-refractivity contribution in [1.82, 2.24) is 5.32 Å². The SMILES string of the molecule is COc1cc(OC)c([C@@H]2N[C@H](C(=O)O)CS2)cc1Br. The molecule has 0 radical (unpaired) electrons. The Hall–Kier alpha value is -0.920. The minimum atomic E-state index is -0.832. The van der Waals surface area contributed by atoms with Gasteiger partial charge in [0, 0.05) is 17.4 Å². The zero-order valence-electron chi connectivity index (χ0n) is 10.5. The maximum atomic E-state index is 11.0. The van der Waals surface area contributed by atoms with Gasteiger partial charge in [-0.3, -0.25) is 10.1 Å². The molecule has 104 valence electrons. The van der Waals surface area contributed by atoms with Crippen molar-refractivity contribution < 1.29 is 19.4 Å². The Labute approximate surface area is 123 Å². The lowest BCUT2D eigenvalue weighted by Crippen LogP contribution is -2.33. The van der Waals surface area contributed by atoms with E-state index in [9.17, 15) is 4.79 Å². The van der Waals surface area contributed by atoms with E-state index in [2.05, 4.69) is 21.2 Å². The second-order valence-corrected chi connectivity index (χ2v) is 5.99. The molecule has 7 heteroatoms. The molecule has 5 nitrogen and oxygen atoms in total. The number of carboxylic acids is 1. The third-order valence-corrected chi connectivity index (χ3v) is 4.74. The molecule has 0 saturated carbocycles. The minimum Gasteiger partial charge on any atom is -0.496 e. The summed E-state index contributed by atoms with van der Waals surface area (Å²) in [5.74, 6) is 1.06. The fourth-order valence-electron chi connectivity index (χ4n) is 1.88. The summed E-state index contributed by atoms with van der Waals surface area (Å²) in [5.41, 5.74) is 0.906. The van der Waals surface area contributed by atoms with Crippen molar-refractivity contribution in [2.75, 3.05) is 20.0 Å². The Bertz CT molecular complexity index is 497. The molecule has 2 rings (SSSR count). The van der Waals surface area contributed by atoms with Gasteiger partial charge < -0.3 is 14.6 Å². The van der Waals surface area contributed by atoms with Crippen molar-refractivity contribution in [3.63, 3.8) is 0 Å². The number of aliphatic carboxylic acids is 1. The quantitative estimate of drug-likeness (QED) is 0.870. The largest absolute Gasteiger partial charge is 0.496 e. The molecule has 1 aliphatic rings. The highest BCUT2D eigenvalue weighted by Gasteiger charge is 2.32. The number of carbonyl (C=O) groups is 1. The van der Waals surface area contributed by atoms with Crippen LogP contribution in [0.1, 0.15) is 10.9 Å². The average Bonchev–Trinajstić information content (AvgIpc) is 2.88. The number of methoxy groups -OCH3 is 2. The van der Waals surface area contributed by atoms with Gasteiger partial charge in [0.25, 0.3) is 0 Å². The monoisotopic (exact) mass is 347 g/mol. The number of ether oxygens (including phenoxy) is 2. The van der Waals surface area contributed by atoms with Crippen LogP contribution in [0.2, 0.25) is 0 Å². The highest BCUT2D eigenvalue weighted by atomic mass is 79.9. The van der Waals surface area contributed by atoms with Crippen LogP contribution < -0.4 is 14.8 Å². The minimum absolute atomic E-state index is 0.0988. The molecule has 2 atom stereocenters. The summed E-state index contributed by atoms with van der Waals surface area (Å²) >= 11 is 4.98. The molecule has 0 aromatic heterocycles. The summed E-state index contributed by atoms with van der Waals surface area (Å²) in [5, 5.41) is 12.0. The molecular weight excluding hydrogens is 334 g/mol. The van der Waals surface area contributed by atoms with Crippen molar-refractivity contribution in [2.45, 2.75) is 11.4 Å². The van der Waals surface area contributed by atoms with Gasteiger partial charge in [-0.25, -0.2) is 0 Å². The van der Waals surface area contributed by atoms with E-state index in [0.29, 0.717) is 17.3 Å². The number of hydrogen-bond donors (Lipinski definition) is 2. The number of thioether (sulfide) groups is 1. The summed E-state index contributed by atoms with van der Waals surface area (Å²) in [6.07, 6.45) is 0. The third kappa shape index (κ3) is 2.98. The van der Waals surface area contributed by atoms with E-state index in [1.54, 1.807) is 32.0 Å². The van der Waals surface area contributed by atoms with Crippen LogP contribution in [0.15, 0.2) is 16.6 Å². The smallest absolute Gasteiger partial charge is 0.321 e. The second-order valence-electron chi connectivity index (χ2n) is 4.00. The molecule has 1 fully saturated rings. The lowest BCUT2D eigenvalue weighted by atomic mass is 10.1. The van der Waals surface area contributed by atoms with Crippen molar-refractivity contribution in [3.8, 4) is 11.5 Å². The van der Waals surface area contributed by atoms with Crippen molar-refractivity contribution in [1.29, 1.82) is 0 Å². The second kappa shape index (κ2) is 6.02. The first-order valence-corrected chi connectivity index (χ1v) is 7.43. The van der Waals surface area contributed by atoms with E-state index >= 15 is 0 Å². The first-order valence-electron chi connectivity index (χ1n) is 5.58. The number of halogens is 1. The van der Waals surface area contributed by atoms with Crippen molar-refractivity contribution in [2.24, 2.45) is 0 Å².